The number of nitrogens with one attached hydrogen (secondary N) is 1. The van der Waals surface area contributed by atoms with Gasteiger partial charge >= 0.3 is 0 Å². The van der Waals surface area contributed by atoms with E-state index in [1.807, 2.05) is 42.6 Å². The third-order valence-electron chi connectivity index (χ3n) is 4.23. The molecule has 0 aliphatic heterocycles. The highest BCUT2D eigenvalue weighted by molar-refractivity contribution is 9.10. The van der Waals surface area contributed by atoms with Crippen LogP contribution in [0.15, 0.2) is 69.3 Å². The van der Waals surface area contributed by atoms with E-state index in [0.717, 1.165) is 25.0 Å². The normalized spacial score (nSPS) is 12.7. The van der Waals surface area contributed by atoms with Gasteiger partial charge in [0.1, 0.15) is 5.01 Å². The van der Waals surface area contributed by atoms with E-state index in [1.54, 1.807) is 12.1 Å². The molecule has 1 N–H and O–H groups in total. The highest BCUT2D eigenvalue weighted by atomic mass is 79.9. The zero-order valence-corrected chi connectivity index (χ0v) is 19.1. The molecule has 1 unspecified atom stereocenters. The van der Waals surface area contributed by atoms with Crippen LogP contribution in [0.25, 0.3) is 11.3 Å². The van der Waals surface area contributed by atoms with Gasteiger partial charge < -0.3 is 5.32 Å². The largest absolute Gasteiger partial charge is 0.346 e. The number of hydrogen-bond donors (Lipinski definition) is 1. The van der Waals surface area contributed by atoms with Gasteiger partial charge in [-0.3, -0.25) is 4.79 Å². The molecule has 152 valence electrons. The van der Waals surface area contributed by atoms with Gasteiger partial charge in [0.2, 0.25) is 15.9 Å². The monoisotopic (exact) mass is 493 g/mol. The maximum Gasteiger partial charge on any atom is 0.243 e. The average molecular weight is 494 g/mol. The topological polar surface area (TPSA) is 79.4 Å². The highest BCUT2D eigenvalue weighted by Gasteiger charge is 2.24. The number of thiazole rings is 1. The Bertz CT molecular complexity index is 1080. The Morgan fingerprint density at radius 2 is 1.83 bits per heavy atom. The third-order valence-corrected chi connectivity index (χ3v) is 7.60. The van der Waals surface area contributed by atoms with Crippen LogP contribution in [0.5, 0.6) is 0 Å². The molecule has 3 aromatic rings. The standard InChI is InChI=1S/C20H20BrN3O3S2/c1-14(20-23-18(13-28-20)15-6-4-3-5-7-15)22-19(25)12-24(2)29(26,27)17-10-8-16(21)9-11-17/h3-11,13-14H,12H2,1-2H3,(H,22,25). The Morgan fingerprint density at radius 1 is 1.17 bits per heavy atom. The maximum atomic E-state index is 12.6. The molecule has 0 spiro atoms. The predicted octanol–water partition coefficient (Wildman–Crippen LogP) is 4.07. The van der Waals surface area contributed by atoms with Gasteiger partial charge in [-0.2, -0.15) is 4.31 Å². The molecule has 0 aliphatic carbocycles. The van der Waals surface area contributed by atoms with Gasteiger partial charge in [0, 0.05) is 22.5 Å². The summed E-state index contributed by atoms with van der Waals surface area (Å²) >= 11 is 4.73. The summed E-state index contributed by atoms with van der Waals surface area (Å²) in [7, 11) is -2.36. The van der Waals surface area contributed by atoms with Crippen LogP contribution in [0, 0.1) is 0 Å². The van der Waals surface area contributed by atoms with Crippen molar-refractivity contribution in [3.05, 3.63) is 69.5 Å². The van der Waals surface area contributed by atoms with Gasteiger partial charge in [-0.15, -0.1) is 11.3 Å². The third kappa shape index (κ3) is 5.30. The molecule has 0 radical (unpaired) electrons. The van der Waals surface area contributed by atoms with Crippen LogP contribution >= 0.6 is 27.3 Å². The van der Waals surface area contributed by atoms with Crippen LogP contribution < -0.4 is 5.32 Å². The number of benzene rings is 2. The number of hydrogen-bond acceptors (Lipinski definition) is 5. The van der Waals surface area contributed by atoms with Crippen LogP contribution in [0.3, 0.4) is 0 Å². The first-order chi connectivity index (χ1) is 13.8. The molecule has 0 saturated heterocycles. The highest BCUT2D eigenvalue weighted by Crippen LogP contribution is 2.25. The Hall–Kier alpha value is -2.07. The minimum atomic E-state index is -3.74. The van der Waals surface area contributed by atoms with E-state index in [1.165, 1.54) is 30.5 Å². The van der Waals surface area contributed by atoms with Crippen molar-refractivity contribution >= 4 is 43.2 Å². The summed E-state index contributed by atoms with van der Waals surface area (Å²) in [6, 6.07) is 15.8. The lowest BCUT2D eigenvalue weighted by atomic mass is 10.2. The van der Waals surface area contributed by atoms with Crippen molar-refractivity contribution in [2.45, 2.75) is 17.9 Å². The van der Waals surface area contributed by atoms with Crippen molar-refractivity contribution in [1.29, 1.82) is 0 Å². The lowest BCUT2D eigenvalue weighted by Crippen LogP contribution is -2.39. The lowest BCUT2D eigenvalue weighted by molar-refractivity contribution is -0.121. The van der Waals surface area contributed by atoms with Crippen molar-refractivity contribution in [2.75, 3.05) is 13.6 Å². The molecule has 9 heteroatoms. The average Bonchev–Trinajstić information content (AvgIpc) is 3.19. The van der Waals surface area contributed by atoms with Gasteiger partial charge in [-0.1, -0.05) is 46.3 Å². The van der Waals surface area contributed by atoms with Crippen LogP contribution in [0.2, 0.25) is 0 Å². The molecule has 1 heterocycles. The van der Waals surface area contributed by atoms with Crippen molar-refractivity contribution in [3.63, 3.8) is 0 Å². The zero-order chi connectivity index (χ0) is 21.0. The number of carbonyl (C=O) groups excluding carboxylic acids is 1. The van der Waals surface area contributed by atoms with Crippen LogP contribution in [0.1, 0.15) is 18.0 Å². The minimum Gasteiger partial charge on any atom is -0.346 e. The second-order valence-electron chi connectivity index (χ2n) is 6.44. The summed E-state index contributed by atoms with van der Waals surface area (Å²) in [5, 5.41) is 5.52. The molecule has 1 aromatic heterocycles. The molecule has 3 rings (SSSR count). The minimum absolute atomic E-state index is 0.136. The number of carbonyl (C=O) groups is 1. The summed E-state index contributed by atoms with van der Waals surface area (Å²) in [4.78, 5) is 17.1. The van der Waals surface area contributed by atoms with E-state index in [-0.39, 0.29) is 17.5 Å². The van der Waals surface area contributed by atoms with Crippen LogP contribution in [0.4, 0.5) is 0 Å². The number of sulfonamides is 1. The number of aromatic nitrogens is 1. The fraction of sp³-hybridized carbons (Fsp3) is 0.200. The number of amides is 1. The summed E-state index contributed by atoms with van der Waals surface area (Å²) in [5.74, 6) is -0.392. The molecule has 0 aliphatic rings. The molecule has 2 aromatic carbocycles. The van der Waals surface area contributed by atoms with Gasteiger partial charge in [-0.25, -0.2) is 13.4 Å². The van der Waals surface area contributed by atoms with Crippen LogP contribution in [-0.4, -0.2) is 37.2 Å². The Morgan fingerprint density at radius 3 is 2.48 bits per heavy atom. The first kappa shape index (κ1) is 21.6. The van der Waals surface area contributed by atoms with Gasteiger partial charge in [0.25, 0.3) is 0 Å². The second kappa shape index (κ2) is 9.17. The van der Waals surface area contributed by atoms with E-state index in [9.17, 15) is 13.2 Å². The van der Waals surface area contributed by atoms with Crippen molar-refractivity contribution in [3.8, 4) is 11.3 Å². The molecule has 0 saturated carbocycles. The quantitative estimate of drug-likeness (QED) is 0.537. The molecule has 29 heavy (non-hydrogen) atoms. The predicted molar refractivity (Wildman–Crippen MR) is 118 cm³/mol. The Balaban J connectivity index is 1.63. The Labute approximate surface area is 182 Å². The molecule has 6 nitrogen and oxygen atoms in total. The second-order valence-corrected chi connectivity index (χ2v) is 10.3. The van der Waals surface area contributed by atoms with E-state index in [2.05, 4.69) is 26.2 Å². The molecular weight excluding hydrogens is 474 g/mol. The van der Waals surface area contributed by atoms with Gasteiger partial charge in [0.05, 0.1) is 23.2 Å². The fourth-order valence-electron chi connectivity index (χ4n) is 2.65. The molecule has 1 atom stereocenters. The summed E-state index contributed by atoms with van der Waals surface area (Å²) in [6.07, 6.45) is 0. The number of nitrogens with zero attached hydrogens (tertiary/aromatic N) is 2. The number of halogens is 1. The van der Waals surface area contributed by atoms with E-state index in [0.29, 0.717) is 0 Å². The smallest absolute Gasteiger partial charge is 0.243 e. The van der Waals surface area contributed by atoms with Crippen LogP contribution in [-0.2, 0) is 14.8 Å². The summed E-state index contributed by atoms with van der Waals surface area (Å²) < 4.78 is 27.0. The van der Waals surface area contributed by atoms with Crippen molar-refractivity contribution < 1.29 is 13.2 Å². The molecular formula is C20H20BrN3O3S2. The van der Waals surface area contributed by atoms with E-state index in [4.69, 9.17) is 0 Å². The molecule has 0 bridgehead atoms. The Kier molecular flexibility index (Phi) is 6.84. The fourth-order valence-corrected chi connectivity index (χ4v) is 4.88. The van der Waals surface area contributed by atoms with Gasteiger partial charge in [-0.05, 0) is 31.2 Å². The molecule has 1 amide bonds. The maximum absolute atomic E-state index is 12.6. The SMILES string of the molecule is CC(NC(=O)CN(C)S(=O)(=O)c1ccc(Br)cc1)c1nc(-c2ccccc2)cs1. The lowest BCUT2D eigenvalue weighted by Gasteiger charge is -2.18. The summed E-state index contributed by atoms with van der Waals surface area (Å²) in [6.45, 7) is 1.55. The number of rotatable bonds is 7. The van der Waals surface area contributed by atoms with E-state index >= 15 is 0 Å². The van der Waals surface area contributed by atoms with Crippen molar-refractivity contribution in [2.24, 2.45) is 0 Å². The first-order valence-corrected chi connectivity index (χ1v) is 11.9. The van der Waals surface area contributed by atoms with E-state index < -0.39 is 15.9 Å². The number of likely N-dealkylation sites (N-methyl/N-ethyl adjacent to an activating group) is 1. The molecule has 0 fully saturated rings. The first-order valence-electron chi connectivity index (χ1n) is 8.79. The van der Waals surface area contributed by atoms with Gasteiger partial charge in [0.15, 0.2) is 0 Å². The summed E-state index contributed by atoms with van der Waals surface area (Å²) in [5.41, 5.74) is 1.86. The zero-order valence-electron chi connectivity index (χ0n) is 15.9. The van der Waals surface area contributed by atoms with Crippen molar-refractivity contribution in [1.82, 2.24) is 14.6 Å².